The van der Waals surface area contributed by atoms with Gasteiger partial charge in [0.2, 0.25) is 0 Å². The van der Waals surface area contributed by atoms with Crippen LogP contribution < -0.4 is 5.32 Å². The summed E-state index contributed by atoms with van der Waals surface area (Å²) < 4.78 is 1.66. The van der Waals surface area contributed by atoms with Crippen molar-refractivity contribution in [3.8, 4) is 0 Å². The molecule has 5 nitrogen and oxygen atoms in total. The molecule has 6 heteroatoms. The fraction of sp³-hybridized carbons (Fsp3) is 0.714. The second-order valence-corrected chi connectivity index (χ2v) is 4.05. The Morgan fingerprint density at radius 3 is 3.38 bits per heavy atom. The fourth-order valence-corrected chi connectivity index (χ4v) is 2.25. The summed E-state index contributed by atoms with van der Waals surface area (Å²) >= 11 is 1.84. The van der Waals surface area contributed by atoms with Gasteiger partial charge in [0.1, 0.15) is 5.69 Å². The third-order valence-corrected chi connectivity index (χ3v) is 3.05. The SMILES string of the molecule is OCCn1cc(C2NCCS2)nn1. The summed E-state index contributed by atoms with van der Waals surface area (Å²) in [5.41, 5.74) is 0.955. The first-order chi connectivity index (χ1) is 6.40. The highest BCUT2D eigenvalue weighted by molar-refractivity contribution is 7.99. The van der Waals surface area contributed by atoms with Crippen LogP contribution in [0.3, 0.4) is 0 Å². The summed E-state index contributed by atoms with van der Waals surface area (Å²) in [7, 11) is 0. The van der Waals surface area contributed by atoms with E-state index in [0.717, 1.165) is 18.0 Å². The second kappa shape index (κ2) is 4.08. The van der Waals surface area contributed by atoms with Crippen LogP contribution in [0.2, 0.25) is 0 Å². The number of aliphatic hydroxyl groups excluding tert-OH is 1. The van der Waals surface area contributed by atoms with Gasteiger partial charge in [-0.2, -0.15) is 0 Å². The number of nitrogens with zero attached hydrogens (tertiary/aromatic N) is 3. The van der Waals surface area contributed by atoms with Gasteiger partial charge in [-0.1, -0.05) is 5.21 Å². The highest BCUT2D eigenvalue weighted by atomic mass is 32.2. The Balaban J connectivity index is 2.03. The van der Waals surface area contributed by atoms with Crippen LogP contribution in [0.15, 0.2) is 6.20 Å². The van der Waals surface area contributed by atoms with Gasteiger partial charge < -0.3 is 5.11 Å². The number of nitrogens with one attached hydrogen (secondary N) is 1. The summed E-state index contributed by atoms with van der Waals surface area (Å²) in [4.78, 5) is 0. The van der Waals surface area contributed by atoms with E-state index in [9.17, 15) is 0 Å². The lowest BCUT2D eigenvalue weighted by atomic mass is 10.4. The Kier molecular flexibility index (Phi) is 2.82. The molecule has 0 spiro atoms. The molecule has 1 fully saturated rings. The topological polar surface area (TPSA) is 63.0 Å². The Hall–Kier alpha value is -0.590. The van der Waals surface area contributed by atoms with Gasteiger partial charge in [-0.05, 0) is 0 Å². The average Bonchev–Trinajstić information content (AvgIpc) is 2.70. The van der Waals surface area contributed by atoms with E-state index in [1.54, 1.807) is 4.68 Å². The summed E-state index contributed by atoms with van der Waals surface area (Å²) in [6.07, 6.45) is 1.88. The van der Waals surface area contributed by atoms with Crippen molar-refractivity contribution < 1.29 is 5.11 Å². The molecule has 72 valence electrons. The van der Waals surface area contributed by atoms with Gasteiger partial charge in [0.05, 0.1) is 24.7 Å². The van der Waals surface area contributed by atoms with Gasteiger partial charge in [0.15, 0.2) is 0 Å². The molecule has 13 heavy (non-hydrogen) atoms. The summed E-state index contributed by atoms with van der Waals surface area (Å²) in [6.45, 7) is 1.65. The van der Waals surface area contributed by atoms with E-state index in [0.29, 0.717) is 6.54 Å². The van der Waals surface area contributed by atoms with Crippen molar-refractivity contribution in [1.29, 1.82) is 0 Å². The van der Waals surface area contributed by atoms with E-state index < -0.39 is 0 Å². The van der Waals surface area contributed by atoms with Crippen molar-refractivity contribution in [2.24, 2.45) is 0 Å². The zero-order valence-corrected chi connectivity index (χ0v) is 8.00. The zero-order chi connectivity index (χ0) is 9.10. The van der Waals surface area contributed by atoms with Gasteiger partial charge in [-0.15, -0.1) is 16.9 Å². The number of hydrogen-bond acceptors (Lipinski definition) is 5. The average molecular weight is 200 g/mol. The zero-order valence-electron chi connectivity index (χ0n) is 7.18. The molecular formula is C7H12N4OS. The third kappa shape index (κ3) is 2.01. The van der Waals surface area contributed by atoms with Crippen LogP contribution in [-0.2, 0) is 6.54 Å². The highest BCUT2D eigenvalue weighted by Crippen LogP contribution is 2.27. The van der Waals surface area contributed by atoms with Crippen LogP contribution in [0.4, 0.5) is 0 Å². The lowest BCUT2D eigenvalue weighted by Gasteiger charge is -2.02. The van der Waals surface area contributed by atoms with E-state index in [1.165, 1.54) is 0 Å². The van der Waals surface area contributed by atoms with E-state index in [4.69, 9.17) is 5.11 Å². The van der Waals surface area contributed by atoms with Crippen molar-refractivity contribution in [3.63, 3.8) is 0 Å². The second-order valence-electron chi connectivity index (χ2n) is 2.84. The molecule has 0 amide bonds. The first kappa shape index (κ1) is 8.98. The van der Waals surface area contributed by atoms with E-state index in [-0.39, 0.29) is 12.0 Å². The van der Waals surface area contributed by atoms with Gasteiger partial charge in [0, 0.05) is 12.3 Å². The number of thioether (sulfide) groups is 1. The molecule has 2 rings (SSSR count). The van der Waals surface area contributed by atoms with Crippen LogP contribution >= 0.6 is 11.8 Å². The Morgan fingerprint density at radius 1 is 1.77 bits per heavy atom. The Morgan fingerprint density at radius 2 is 2.69 bits per heavy atom. The Bertz CT molecular complexity index is 271. The summed E-state index contributed by atoms with van der Waals surface area (Å²) in [5.74, 6) is 1.12. The molecule has 0 radical (unpaired) electrons. The fourth-order valence-electron chi connectivity index (χ4n) is 1.26. The maximum Gasteiger partial charge on any atom is 0.110 e. The van der Waals surface area contributed by atoms with Crippen molar-refractivity contribution in [3.05, 3.63) is 11.9 Å². The molecular weight excluding hydrogens is 188 g/mol. The predicted molar refractivity (Wildman–Crippen MR) is 50.3 cm³/mol. The molecule has 2 N–H and O–H groups in total. The van der Waals surface area contributed by atoms with Crippen LogP contribution in [0, 0.1) is 0 Å². The van der Waals surface area contributed by atoms with Gasteiger partial charge in [0.25, 0.3) is 0 Å². The van der Waals surface area contributed by atoms with Crippen LogP contribution in [0.5, 0.6) is 0 Å². The van der Waals surface area contributed by atoms with Gasteiger partial charge >= 0.3 is 0 Å². The molecule has 2 heterocycles. The van der Waals surface area contributed by atoms with Crippen LogP contribution in [0.1, 0.15) is 11.1 Å². The Labute approximate surface area is 80.5 Å². The maximum atomic E-state index is 8.68. The van der Waals surface area contributed by atoms with Gasteiger partial charge in [-0.3, -0.25) is 5.32 Å². The van der Waals surface area contributed by atoms with E-state index in [1.807, 2.05) is 18.0 Å². The minimum Gasteiger partial charge on any atom is -0.394 e. The first-order valence-electron chi connectivity index (χ1n) is 4.26. The minimum atomic E-state index is 0.105. The highest BCUT2D eigenvalue weighted by Gasteiger charge is 2.19. The number of aromatic nitrogens is 3. The molecule has 1 saturated heterocycles. The third-order valence-electron chi connectivity index (χ3n) is 1.87. The molecule has 1 aromatic heterocycles. The quantitative estimate of drug-likeness (QED) is 0.695. The molecule has 1 atom stereocenters. The standard InChI is InChI=1S/C7H12N4OS/c12-3-2-11-5-6(9-10-11)7-8-1-4-13-7/h5,7-8,12H,1-4H2. The number of aliphatic hydroxyl groups is 1. The smallest absolute Gasteiger partial charge is 0.110 e. The predicted octanol–water partition coefficient (Wildman–Crippen LogP) is -0.395. The molecule has 1 unspecified atom stereocenters. The van der Waals surface area contributed by atoms with Crippen molar-refractivity contribution >= 4 is 11.8 Å². The van der Waals surface area contributed by atoms with Crippen molar-refractivity contribution in [2.45, 2.75) is 11.9 Å². The summed E-state index contributed by atoms with van der Waals surface area (Å²) in [5, 5.41) is 20.2. The molecule has 0 bridgehead atoms. The maximum absolute atomic E-state index is 8.68. The lowest BCUT2D eigenvalue weighted by Crippen LogP contribution is -2.12. The first-order valence-corrected chi connectivity index (χ1v) is 5.31. The molecule has 0 saturated carbocycles. The van der Waals surface area contributed by atoms with Crippen LogP contribution in [0.25, 0.3) is 0 Å². The molecule has 1 aliphatic rings. The largest absolute Gasteiger partial charge is 0.394 e. The number of hydrogen-bond donors (Lipinski definition) is 2. The summed E-state index contributed by atoms with van der Waals surface area (Å²) in [6, 6.07) is 0. The van der Waals surface area contributed by atoms with E-state index in [2.05, 4.69) is 15.6 Å². The van der Waals surface area contributed by atoms with Crippen molar-refractivity contribution in [1.82, 2.24) is 20.3 Å². The molecule has 0 aromatic carbocycles. The monoisotopic (exact) mass is 200 g/mol. The van der Waals surface area contributed by atoms with Crippen molar-refractivity contribution in [2.75, 3.05) is 18.9 Å². The minimum absolute atomic E-state index is 0.105. The van der Waals surface area contributed by atoms with Gasteiger partial charge in [-0.25, -0.2) is 4.68 Å². The molecule has 1 aromatic rings. The van der Waals surface area contributed by atoms with Crippen LogP contribution in [-0.4, -0.2) is 39.0 Å². The molecule has 1 aliphatic heterocycles. The van der Waals surface area contributed by atoms with E-state index >= 15 is 0 Å². The normalized spacial score (nSPS) is 22.4. The number of rotatable bonds is 3. The lowest BCUT2D eigenvalue weighted by molar-refractivity contribution is 0.268. The molecule has 0 aliphatic carbocycles.